The molecule has 0 amide bonds. The molecule has 32 heavy (non-hydrogen) atoms. The van der Waals surface area contributed by atoms with E-state index in [9.17, 15) is 20.2 Å². The number of hydrogen-bond donors (Lipinski definition) is 2. The van der Waals surface area contributed by atoms with E-state index in [4.69, 9.17) is 0 Å². The predicted molar refractivity (Wildman–Crippen MR) is 121 cm³/mol. The van der Waals surface area contributed by atoms with Crippen LogP contribution >= 0.6 is 0 Å². The Bertz CT molecular complexity index is 1340. The number of hydrogen-bond acceptors (Lipinski definition) is 6. The third-order valence-electron chi connectivity index (χ3n) is 5.77. The summed E-state index contributed by atoms with van der Waals surface area (Å²) in [5.41, 5.74) is 3.79. The van der Waals surface area contributed by atoms with Crippen molar-refractivity contribution in [2.45, 2.75) is 12.2 Å². The van der Waals surface area contributed by atoms with Crippen molar-refractivity contribution in [2.75, 3.05) is 5.32 Å². The van der Waals surface area contributed by atoms with Crippen LogP contribution in [0.5, 0.6) is 0 Å². The Labute approximate surface area is 182 Å². The summed E-state index contributed by atoms with van der Waals surface area (Å²) in [7, 11) is 0. The maximum Gasteiger partial charge on any atom is 0.269 e. The van der Waals surface area contributed by atoms with E-state index in [-0.39, 0.29) is 23.6 Å². The predicted octanol–water partition coefficient (Wildman–Crippen LogP) is 5.46. The quantitative estimate of drug-likeness (QED) is 0.331. The third-order valence-corrected chi connectivity index (χ3v) is 5.77. The number of non-ortho nitro benzene ring substituents is 2. The van der Waals surface area contributed by atoms with Gasteiger partial charge in [0.15, 0.2) is 0 Å². The topological polar surface area (TPSA) is 110 Å². The van der Waals surface area contributed by atoms with Gasteiger partial charge in [-0.05, 0) is 40.1 Å². The first kappa shape index (κ1) is 19.7. The minimum atomic E-state index is -0.424. The molecule has 4 aromatic carbocycles. The molecule has 0 radical (unpaired) electrons. The lowest BCUT2D eigenvalue weighted by Gasteiger charge is -2.36. The molecule has 1 aliphatic rings. The number of nitro benzene ring substituents is 2. The van der Waals surface area contributed by atoms with Crippen molar-refractivity contribution >= 4 is 27.8 Å². The van der Waals surface area contributed by atoms with Gasteiger partial charge in [-0.3, -0.25) is 25.5 Å². The monoisotopic (exact) mass is 426 g/mol. The van der Waals surface area contributed by atoms with Crippen LogP contribution in [0.4, 0.5) is 17.1 Å². The van der Waals surface area contributed by atoms with Gasteiger partial charge >= 0.3 is 0 Å². The molecule has 2 atom stereocenters. The van der Waals surface area contributed by atoms with E-state index in [1.807, 2.05) is 30.3 Å². The van der Waals surface area contributed by atoms with E-state index in [1.165, 1.54) is 24.3 Å². The van der Waals surface area contributed by atoms with Crippen LogP contribution in [-0.4, -0.2) is 9.85 Å². The fraction of sp³-hybridized carbons (Fsp3) is 0.0833. The Kier molecular flexibility index (Phi) is 4.76. The van der Waals surface area contributed by atoms with Gasteiger partial charge in [0.05, 0.1) is 15.9 Å². The van der Waals surface area contributed by atoms with Gasteiger partial charge in [0.1, 0.15) is 6.17 Å². The van der Waals surface area contributed by atoms with E-state index >= 15 is 0 Å². The summed E-state index contributed by atoms with van der Waals surface area (Å²) in [6.07, 6.45) is -0.301. The summed E-state index contributed by atoms with van der Waals surface area (Å²) in [5, 5.41) is 31.4. The van der Waals surface area contributed by atoms with Crippen LogP contribution in [0.15, 0.2) is 84.9 Å². The highest BCUT2D eigenvalue weighted by Crippen LogP contribution is 2.41. The minimum Gasteiger partial charge on any atom is -0.366 e. The van der Waals surface area contributed by atoms with Crippen molar-refractivity contribution in [1.82, 2.24) is 5.32 Å². The molecule has 0 aromatic heterocycles. The number of nitro groups is 2. The molecule has 4 aromatic rings. The Balaban J connectivity index is 1.62. The Morgan fingerprint density at radius 1 is 0.688 bits per heavy atom. The van der Waals surface area contributed by atoms with Crippen molar-refractivity contribution in [3.8, 4) is 0 Å². The van der Waals surface area contributed by atoms with Gasteiger partial charge in [-0.2, -0.15) is 0 Å². The molecule has 1 aliphatic heterocycles. The summed E-state index contributed by atoms with van der Waals surface area (Å²) in [5.74, 6) is 0. The number of nitrogens with zero attached hydrogens (tertiary/aromatic N) is 2. The zero-order valence-corrected chi connectivity index (χ0v) is 16.8. The smallest absolute Gasteiger partial charge is 0.269 e. The first-order valence-electron chi connectivity index (χ1n) is 10.0. The average Bonchev–Trinajstić information content (AvgIpc) is 2.83. The van der Waals surface area contributed by atoms with Crippen LogP contribution in [0.1, 0.15) is 28.9 Å². The highest BCUT2D eigenvalue weighted by molar-refractivity contribution is 5.91. The Morgan fingerprint density at radius 3 is 1.91 bits per heavy atom. The second kappa shape index (κ2) is 7.75. The summed E-state index contributed by atoms with van der Waals surface area (Å²) < 4.78 is 0. The minimum absolute atomic E-state index is 0.0304. The first-order chi connectivity index (χ1) is 15.5. The van der Waals surface area contributed by atoms with E-state index in [1.54, 1.807) is 24.3 Å². The van der Waals surface area contributed by atoms with Crippen LogP contribution in [0.25, 0.3) is 10.8 Å². The Morgan fingerprint density at radius 2 is 1.28 bits per heavy atom. The molecule has 0 saturated heterocycles. The van der Waals surface area contributed by atoms with Gasteiger partial charge in [0.2, 0.25) is 0 Å². The van der Waals surface area contributed by atoms with Crippen molar-refractivity contribution in [2.24, 2.45) is 0 Å². The van der Waals surface area contributed by atoms with Gasteiger partial charge < -0.3 is 5.32 Å². The SMILES string of the molecule is O=[N+]([O-])c1ccc(C2Nc3ccc4ccccc4c3C(c3ccc([N+](=O)[O-])cc3)N2)cc1. The first-order valence-corrected chi connectivity index (χ1v) is 10.0. The van der Waals surface area contributed by atoms with E-state index in [2.05, 4.69) is 16.7 Å². The molecule has 0 fully saturated rings. The van der Waals surface area contributed by atoms with Gasteiger partial charge in [-0.15, -0.1) is 0 Å². The Hall–Kier alpha value is -4.30. The largest absolute Gasteiger partial charge is 0.366 e. The van der Waals surface area contributed by atoms with E-state index in [0.29, 0.717) is 0 Å². The molecule has 2 N–H and O–H groups in total. The van der Waals surface area contributed by atoms with Crippen LogP contribution in [0.3, 0.4) is 0 Å². The normalized spacial score (nSPS) is 17.4. The van der Waals surface area contributed by atoms with Crippen LogP contribution in [0.2, 0.25) is 0 Å². The fourth-order valence-corrected chi connectivity index (χ4v) is 4.20. The standard InChI is InChI=1S/C24H18N4O4/c29-27(30)18-10-5-16(6-11-18)23-22-20-4-2-1-3-15(20)9-14-21(22)25-24(26-23)17-7-12-19(13-8-17)28(31)32/h1-14,23-26H. The zero-order valence-electron chi connectivity index (χ0n) is 16.8. The molecule has 2 unspecified atom stereocenters. The van der Waals surface area contributed by atoms with Crippen LogP contribution in [-0.2, 0) is 0 Å². The maximum atomic E-state index is 11.1. The summed E-state index contributed by atoms with van der Waals surface area (Å²) in [6.45, 7) is 0. The highest BCUT2D eigenvalue weighted by atomic mass is 16.6. The molecule has 8 nitrogen and oxygen atoms in total. The molecular formula is C24H18N4O4. The molecule has 0 spiro atoms. The fourth-order valence-electron chi connectivity index (χ4n) is 4.20. The van der Waals surface area contributed by atoms with Gasteiger partial charge in [-0.1, -0.05) is 42.5 Å². The molecule has 1 heterocycles. The lowest BCUT2D eigenvalue weighted by Crippen LogP contribution is -2.37. The summed E-state index contributed by atoms with van der Waals surface area (Å²) >= 11 is 0. The molecule has 8 heteroatoms. The van der Waals surface area contributed by atoms with Crippen molar-refractivity contribution in [3.63, 3.8) is 0 Å². The second-order valence-electron chi connectivity index (χ2n) is 7.62. The van der Waals surface area contributed by atoms with Crippen molar-refractivity contribution < 1.29 is 9.85 Å². The lowest BCUT2D eigenvalue weighted by atomic mass is 9.89. The number of benzene rings is 4. The van der Waals surface area contributed by atoms with E-state index in [0.717, 1.165) is 33.2 Å². The summed E-state index contributed by atoms with van der Waals surface area (Å²) in [6, 6.07) is 24.9. The maximum absolute atomic E-state index is 11.1. The molecule has 0 saturated carbocycles. The molecule has 0 bridgehead atoms. The second-order valence-corrected chi connectivity index (χ2v) is 7.62. The average molecular weight is 426 g/mol. The molecular weight excluding hydrogens is 408 g/mol. The van der Waals surface area contributed by atoms with Gasteiger partial charge in [0.25, 0.3) is 11.4 Å². The van der Waals surface area contributed by atoms with E-state index < -0.39 is 9.85 Å². The third kappa shape index (κ3) is 3.42. The van der Waals surface area contributed by atoms with Gasteiger partial charge in [0, 0.05) is 35.5 Å². The number of rotatable bonds is 4. The lowest BCUT2D eigenvalue weighted by molar-refractivity contribution is -0.385. The highest BCUT2D eigenvalue weighted by Gasteiger charge is 2.30. The zero-order chi connectivity index (χ0) is 22.2. The number of nitrogens with one attached hydrogen (secondary N) is 2. The van der Waals surface area contributed by atoms with Crippen LogP contribution in [0, 0.1) is 20.2 Å². The number of anilines is 1. The van der Waals surface area contributed by atoms with Crippen molar-refractivity contribution in [3.05, 3.63) is 122 Å². The van der Waals surface area contributed by atoms with Gasteiger partial charge in [-0.25, -0.2) is 0 Å². The molecule has 5 rings (SSSR count). The van der Waals surface area contributed by atoms with Crippen LogP contribution < -0.4 is 10.6 Å². The van der Waals surface area contributed by atoms with Crippen molar-refractivity contribution in [1.29, 1.82) is 0 Å². The molecule has 0 aliphatic carbocycles. The number of fused-ring (bicyclic) bond motifs is 3. The molecule has 158 valence electrons. The summed E-state index contributed by atoms with van der Waals surface area (Å²) in [4.78, 5) is 21.3.